The van der Waals surface area contributed by atoms with Crippen molar-refractivity contribution >= 4 is 21.8 Å². The summed E-state index contributed by atoms with van der Waals surface area (Å²) < 4.78 is 13.9. The highest BCUT2D eigenvalue weighted by Gasteiger charge is 2.13. The summed E-state index contributed by atoms with van der Waals surface area (Å²) in [5.74, 6) is -0.979. The fourth-order valence-corrected chi connectivity index (χ4v) is 1.46. The van der Waals surface area contributed by atoms with Crippen molar-refractivity contribution in [1.29, 1.82) is 0 Å². The standard InChI is InChI=1S/C9H10BrFN2O/c10-5-1-2-6(7(11)3-5)8(12)4-9(13)14/h1-3,8H,4,12H2,(H2,13,14)/t8-/m1/s1. The number of hydrogen-bond acceptors (Lipinski definition) is 2. The maximum absolute atomic E-state index is 13.3. The Labute approximate surface area is 89.4 Å². The first-order valence-corrected chi connectivity index (χ1v) is 4.79. The molecule has 76 valence electrons. The molecule has 14 heavy (non-hydrogen) atoms. The van der Waals surface area contributed by atoms with Crippen LogP contribution in [0.2, 0.25) is 0 Å². The van der Waals surface area contributed by atoms with E-state index in [1.807, 2.05) is 0 Å². The maximum Gasteiger partial charge on any atom is 0.219 e. The SMILES string of the molecule is NC(=O)C[C@@H](N)c1ccc(Br)cc1F. The molecule has 0 saturated heterocycles. The third-order valence-corrected chi connectivity index (χ3v) is 2.28. The first-order chi connectivity index (χ1) is 6.50. The number of nitrogens with two attached hydrogens (primary N) is 2. The molecule has 0 aromatic heterocycles. The Balaban J connectivity index is 2.90. The van der Waals surface area contributed by atoms with E-state index in [4.69, 9.17) is 11.5 Å². The third kappa shape index (κ3) is 2.78. The number of carbonyl (C=O) groups excluding carboxylic acids is 1. The molecule has 0 bridgehead atoms. The Bertz CT molecular complexity index is 357. The van der Waals surface area contributed by atoms with Crippen molar-refractivity contribution in [2.24, 2.45) is 11.5 Å². The van der Waals surface area contributed by atoms with E-state index in [2.05, 4.69) is 15.9 Å². The van der Waals surface area contributed by atoms with Gasteiger partial charge in [0.05, 0.1) is 0 Å². The lowest BCUT2D eigenvalue weighted by atomic mass is 10.0. The molecule has 5 heteroatoms. The number of amides is 1. The van der Waals surface area contributed by atoms with Gasteiger partial charge in [-0.15, -0.1) is 0 Å². The van der Waals surface area contributed by atoms with Crippen molar-refractivity contribution < 1.29 is 9.18 Å². The second kappa shape index (κ2) is 4.52. The van der Waals surface area contributed by atoms with Gasteiger partial charge in [0, 0.05) is 22.5 Å². The molecule has 0 aliphatic heterocycles. The molecule has 0 radical (unpaired) electrons. The zero-order chi connectivity index (χ0) is 10.7. The molecule has 0 heterocycles. The Morgan fingerprint density at radius 1 is 1.57 bits per heavy atom. The largest absolute Gasteiger partial charge is 0.370 e. The summed E-state index contributed by atoms with van der Waals surface area (Å²) in [5, 5.41) is 0. The highest BCUT2D eigenvalue weighted by atomic mass is 79.9. The van der Waals surface area contributed by atoms with E-state index < -0.39 is 17.8 Å². The predicted molar refractivity (Wildman–Crippen MR) is 54.8 cm³/mol. The zero-order valence-electron chi connectivity index (χ0n) is 7.34. The molecule has 4 N–H and O–H groups in total. The summed E-state index contributed by atoms with van der Waals surface area (Å²) in [4.78, 5) is 10.6. The van der Waals surface area contributed by atoms with Crippen molar-refractivity contribution in [2.45, 2.75) is 12.5 Å². The van der Waals surface area contributed by atoms with Gasteiger partial charge in [-0.05, 0) is 12.1 Å². The predicted octanol–water partition coefficient (Wildman–Crippen LogP) is 1.46. The van der Waals surface area contributed by atoms with Gasteiger partial charge >= 0.3 is 0 Å². The van der Waals surface area contributed by atoms with E-state index in [-0.39, 0.29) is 6.42 Å². The van der Waals surface area contributed by atoms with Gasteiger partial charge in [0.2, 0.25) is 5.91 Å². The summed E-state index contributed by atoms with van der Waals surface area (Å²) >= 11 is 3.12. The first kappa shape index (κ1) is 11.1. The van der Waals surface area contributed by atoms with Crippen LogP contribution in [0.15, 0.2) is 22.7 Å². The number of primary amides is 1. The second-order valence-electron chi connectivity index (χ2n) is 2.94. The molecular weight excluding hydrogens is 251 g/mol. The van der Waals surface area contributed by atoms with Crippen molar-refractivity contribution in [1.82, 2.24) is 0 Å². The number of hydrogen-bond donors (Lipinski definition) is 2. The van der Waals surface area contributed by atoms with Crippen LogP contribution < -0.4 is 11.5 Å². The molecule has 1 atom stereocenters. The van der Waals surface area contributed by atoms with Gasteiger partial charge in [-0.2, -0.15) is 0 Å². The minimum absolute atomic E-state index is 0.0570. The first-order valence-electron chi connectivity index (χ1n) is 3.99. The van der Waals surface area contributed by atoms with Gasteiger partial charge in [0.25, 0.3) is 0 Å². The van der Waals surface area contributed by atoms with Crippen LogP contribution in [0, 0.1) is 5.82 Å². The average molecular weight is 261 g/mol. The number of rotatable bonds is 3. The lowest BCUT2D eigenvalue weighted by molar-refractivity contribution is -0.118. The maximum atomic E-state index is 13.3. The van der Waals surface area contributed by atoms with E-state index >= 15 is 0 Å². The summed E-state index contributed by atoms with van der Waals surface area (Å²) in [7, 11) is 0. The Morgan fingerprint density at radius 2 is 2.21 bits per heavy atom. The van der Waals surface area contributed by atoms with E-state index in [0.717, 1.165) is 0 Å². The smallest absolute Gasteiger partial charge is 0.219 e. The van der Waals surface area contributed by atoms with E-state index in [1.54, 1.807) is 6.07 Å². The minimum Gasteiger partial charge on any atom is -0.370 e. The van der Waals surface area contributed by atoms with Gasteiger partial charge in [-0.25, -0.2) is 4.39 Å². The lowest BCUT2D eigenvalue weighted by Crippen LogP contribution is -2.21. The molecule has 0 fully saturated rings. The van der Waals surface area contributed by atoms with E-state index in [1.165, 1.54) is 12.1 Å². The van der Waals surface area contributed by atoms with Gasteiger partial charge in [0.1, 0.15) is 5.82 Å². The fraction of sp³-hybridized carbons (Fsp3) is 0.222. The normalized spacial score (nSPS) is 12.5. The van der Waals surface area contributed by atoms with Crippen LogP contribution in [-0.4, -0.2) is 5.91 Å². The monoisotopic (exact) mass is 260 g/mol. The highest BCUT2D eigenvalue weighted by Crippen LogP contribution is 2.21. The van der Waals surface area contributed by atoms with Gasteiger partial charge in [0.15, 0.2) is 0 Å². The summed E-state index contributed by atoms with van der Waals surface area (Å²) in [6.07, 6.45) is -0.0570. The van der Waals surface area contributed by atoms with Gasteiger partial charge in [-0.1, -0.05) is 22.0 Å². The Hall–Kier alpha value is -0.940. The molecule has 0 aliphatic carbocycles. The molecule has 0 aliphatic rings. The molecule has 1 rings (SSSR count). The molecule has 1 aromatic rings. The van der Waals surface area contributed by atoms with Crippen LogP contribution in [0.4, 0.5) is 4.39 Å². The number of halogens is 2. The molecule has 1 aromatic carbocycles. The van der Waals surface area contributed by atoms with E-state index in [9.17, 15) is 9.18 Å². The van der Waals surface area contributed by atoms with Crippen molar-refractivity contribution in [3.8, 4) is 0 Å². The van der Waals surface area contributed by atoms with Gasteiger partial charge < -0.3 is 11.5 Å². The highest BCUT2D eigenvalue weighted by molar-refractivity contribution is 9.10. The molecule has 1 amide bonds. The lowest BCUT2D eigenvalue weighted by Gasteiger charge is -2.10. The zero-order valence-corrected chi connectivity index (χ0v) is 8.92. The van der Waals surface area contributed by atoms with Crippen molar-refractivity contribution in [2.75, 3.05) is 0 Å². The van der Waals surface area contributed by atoms with Crippen LogP contribution in [0.1, 0.15) is 18.0 Å². The second-order valence-corrected chi connectivity index (χ2v) is 3.86. The molecular formula is C9H10BrFN2O. The number of carbonyl (C=O) groups is 1. The Morgan fingerprint density at radius 3 is 2.71 bits per heavy atom. The van der Waals surface area contributed by atoms with Crippen LogP contribution in [0.5, 0.6) is 0 Å². The fourth-order valence-electron chi connectivity index (χ4n) is 1.13. The third-order valence-electron chi connectivity index (χ3n) is 1.78. The average Bonchev–Trinajstić information content (AvgIpc) is 2.01. The molecule has 0 saturated carbocycles. The van der Waals surface area contributed by atoms with Crippen LogP contribution in [0.3, 0.4) is 0 Å². The van der Waals surface area contributed by atoms with Crippen LogP contribution >= 0.6 is 15.9 Å². The van der Waals surface area contributed by atoms with Gasteiger partial charge in [-0.3, -0.25) is 4.79 Å². The summed E-state index contributed by atoms with van der Waals surface area (Å²) in [6, 6.07) is 3.82. The summed E-state index contributed by atoms with van der Waals surface area (Å²) in [6.45, 7) is 0. The summed E-state index contributed by atoms with van der Waals surface area (Å²) in [5.41, 5.74) is 10.8. The van der Waals surface area contributed by atoms with Crippen molar-refractivity contribution in [3.63, 3.8) is 0 Å². The van der Waals surface area contributed by atoms with E-state index in [0.29, 0.717) is 10.0 Å². The van der Waals surface area contributed by atoms with Crippen molar-refractivity contribution in [3.05, 3.63) is 34.1 Å². The van der Waals surface area contributed by atoms with Crippen LogP contribution in [-0.2, 0) is 4.79 Å². The quantitative estimate of drug-likeness (QED) is 0.864. The minimum atomic E-state index is -0.680. The molecule has 0 unspecified atom stereocenters. The Kier molecular flexibility index (Phi) is 3.60. The number of benzene rings is 1. The topological polar surface area (TPSA) is 69.1 Å². The molecule has 0 spiro atoms. The van der Waals surface area contributed by atoms with Crippen LogP contribution in [0.25, 0.3) is 0 Å². The molecule has 3 nitrogen and oxygen atoms in total.